The summed E-state index contributed by atoms with van der Waals surface area (Å²) in [4.78, 5) is 25.9. The van der Waals surface area contributed by atoms with Gasteiger partial charge in [0, 0.05) is 24.8 Å². The molecule has 156 valence electrons. The van der Waals surface area contributed by atoms with Crippen molar-refractivity contribution in [2.24, 2.45) is 0 Å². The minimum atomic E-state index is -4.40. The van der Waals surface area contributed by atoms with Crippen LogP contribution < -0.4 is 5.32 Å². The Morgan fingerprint density at radius 3 is 2.21 bits per heavy atom. The van der Waals surface area contributed by atoms with Crippen LogP contribution in [0.1, 0.15) is 42.3 Å². The average Bonchev–Trinajstić information content (AvgIpc) is 2.59. The third-order valence-electron chi connectivity index (χ3n) is 3.80. The molecule has 0 unspecified atom stereocenters. The predicted molar refractivity (Wildman–Crippen MR) is 104 cm³/mol. The second-order valence-corrected chi connectivity index (χ2v) is 7.56. The summed E-state index contributed by atoms with van der Waals surface area (Å²) in [6.07, 6.45) is -5.04. The van der Waals surface area contributed by atoms with Gasteiger partial charge in [-0.05, 0) is 56.7 Å². The summed E-state index contributed by atoms with van der Waals surface area (Å²) in [6, 6.07) is 11.0. The first-order valence-corrected chi connectivity index (χ1v) is 8.87. The lowest BCUT2D eigenvalue weighted by Crippen LogP contribution is -2.28. The number of nitrogens with zero attached hydrogens (tertiary/aromatic N) is 1. The van der Waals surface area contributed by atoms with Crippen molar-refractivity contribution < 1.29 is 27.5 Å². The van der Waals surface area contributed by atoms with Crippen LogP contribution in [0.4, 0.5) is 23.7 Å². The van der Waals surface area contributed by atoms with E-state index in [0.717, 1.165) is 12.1 Å². The number of amides is 2. The van der Waals surface area contributed by atoms with Gasteiger partial charge >= 0.3 is 12.3 Å². The van der Waals surface area contributed by atoms with Crippen molar-refractivity contribution >= 4 is 17.7 Å². The van der Waals surface area contributed by atoms with Crippen LogP contribution in [0.5, 0.6) is 0 Å². The van der Waals surface area contributed by atoms with E-state index in [-0.39, 0.29) is 12.5 Å². The topological polar surface area (TPSA) is 58.6 Å². The van der Waals surface area contributed by atoms with Gasteiger partial charge in [0.15, 0.2) is 0 Å². The van der Waals surface area contributed by atoms with Crippen LogP contribution in [0.25, 0.3) is 0 Å². The van der Waals surface area contributed by atoms with E-state index in [1.54, 1.807) is 46.0 Å². The molecule has 0 aromatic heterocycles. The Bertz CT molecular complexity index is 872. The van der Waals surface area contributed by atoms with Crippen molar-refractivity contribution in [3.63, 3.8) is 0 Å². The van der Waals surface area contributed by atoms with Crippen molar-refractivity contribution in [1.29, 1.82) is 0 Å². The Morgan fingerprint density at radius 1 is 1.03 bits per heavy atom. The molecule has 0 aliphatic heterocycles. The molecule has 0 radical (unpaired) electrons. The zero-order chi connectivity index (χ0) is 21.8. The van der Waals surface area contributed by atoms with Gasteiger partial charge in [-0.3, -0.25) is 10.1 Å². The molecule has 1 N–H and O–H groups in total. The maximum absolute atomic E-state index is 12.6. The van der Waals surface area contributed by atoms with Gasteiger partial charge in [-0.15, -0.1) is 0 Å². The van der Waals surface area contributed by atoms with E-state index in [1.807, 2.05) is 0 Å². The van der Waals surface area contributed by atoms with Gasteiger partial charge in [0.1, 0.15) is 5.60 Å². The molecule has 2 aromatic rings. The number of rotatable bonds is 4. The molecule has 8 heteroatoms. The summed E-state index contributed by atoms with van der Waals surface area (Å²) in [5.41, 5.74) is -0.103. The summed E-state index contributed by atoms with van der Waals surface area (Å²) >= 11 is 0. The highest BCUT2D eigenvalue weighted by atomic mass is 19.4. The van der Waals surface area contributed by atoms with Crippen LogP contribution >= 0.6 is 0 Å². The lowest BCUT2D eigenvalue weighted by atomic mass is 10.1. The number of alkyl halides is 3. The van der Waals surface area contributed by atoms with E-state index in [9.17, 15) is 22.8 Å². The number of ether oxygens (including phenoxy) is 1. The molecular formula is C21H23F3N2O3. The maximum Gasteiger partial charge on any atom is 0.416 e. The Balaban J connectivity index is 2.05. The summed E-state index contributed by atoms with van der Waals surface area (Å²) in [5, 5.41) is 2.56. The molecule has 0 aliphatic rings. The summed E-state index contributed by atoms with van der Waals surface area (Å²) < 4.78 is 43.1. The van der Waals surface area contributed by atoms with Gasteiger partial charge in [-0.25, -0.2) is 4.79 Å². The van der Waals surface area contributed by atoms with Gasteiger partial charge < -0.3 is 9.64 Å². The van der Waals surface area contributed by atoms with Gasteiger partial charge in [-0.2, -0.15) is 13.2 Å². The van der Waals surface area contributed by atoms with Crippen molar-refractivity contribution in [2.75, 3.05) is 12.4 Å². The maximum atomic E-state index is 12.6. The minimum absolute atomic E-state index is 0.140. The van der Waals surface area contributed by atoms with Crippen molar-refractivity contribution in [3.8, 4) is 0 Å². The van der Waals surface area contributed by atoms with Gasteiger partial charge in [-0.1, -0.05) is 18.2 Å². The number of hydrogen-bond donors (Lipinski definition) is 1. The molecule has 0 spiro atoms. The zero-order valence-corrected chi connectivity index (χ0v) is 16.6. The van der Waals surface area contributed by atoms with E-state index < -0.39 is 23.4 Å². The first-order chi connectivity index (χ1) is 13.3. The van der Waals surface area contributed by atoms with Crippen LogP contribution in [0, 0.1) is 0 Å². The first kappa shape index (κ1) is 22.3. The fraction of sp³-hybridized carbons (Fsp3) is 0.333. The molecule has 0 bridgehead atoms. The highest BCUT2D eigenvalue weighted by molar-refractivity contribution is 5.96. The quantitative estimate of drug-likeness (QED) is 0.744. The predicted octanol–water partition coefficient (Wildman–Crippen LogP) is 5.32. The highest BCUT2D eigenvalue weighted by Crippen LogP contribution is 2.29. The number of benzene rings is 2. The SMILES string of the molecule is CN(Cc1ccc(C(F)(F)F)cc1)C(=O)c1cccc(NC(=O)OC(C)(C)C)c1. The second-order valence-electron chi connectivity index (χ2n) is 7.56. The van der Waals surface area contributed by atoms with E-state index >= 15 is 0 Å². The molecule has 0 atom stereocenters. The number of anilines is 1. The second kappa shape index (κ2) is 8.55. The molecular weight excluding hydrogens is 385 g/mol. The summed E-state index contributed by atoms with van der Waals surface area (Å²) in [5.74, 6) is -0.335. The molecule has 2 aromatic carbocycles. The van der Waals surface area contributed by atoms with Crippen LogP contribution in [-0.2, 0) is 17.5 Å². The Hall–Kier alpha value is -3.03. The van der Waals surface area contributed by atoms with Gasteiger partial charge in [0.05, 0.1) is 5.56 Å². The Morgan fingerprint density at radius 2 is 1.66 bits per heavy atom. The van der Waals surface area contributed by atoms with E-state index in [0.29, 0.717) is 16.8 Å². The fourth-order valence-corrected chi connectivity index (χ4v) is 2.52. The number of halogens is 3. The summed E-state index contributed by atoms with van der Waals surface area (Å²) in [7, 11) is 1.55. The molecule has 2 amide bonds. The fourth-order valence-electron chi connectivity index (χ4n) is 2.52. The molecule has 0 saturated heterocycles. The monoisotopic (exact) mass is 408 g/mol. The number of carbonyl (C=O) groups is 2. The first-order valence-electron chi connectivity index (χ1n) is 8.87. The Kier molecular flexibility index (Phi) is 6.56. The van der Waals surface area contributed by atoms with Crippen molar-refractivity contribution in [3.05, 3.63) is 65.2 Å². The van der Waals surface area contributed by atoms with Crippen LogP contribution in [0.3, 0.4) is 0 Å². The third kappa shape index (κ3) is 6.81. The lowest BCUT2D eigenvalue weighted by Gasteiger charge is -2.20. The number of nitrogens with one attached hydrogen (secondary N) is 1. The molecule has 2 rings (SSSR count). The number of carbonyl (C=O) groups excluding carboxylic acids is 2. The van der Waals surface area contributed by atoms with E-state index in [4.69, 9.17) is 4.74 Å². The summed E-state index contributed by atoms with van der Waals surface area (Å²) in [6.45, 7) is 5.36. The molecule has 0 saturated carbocycles. The highest BCUT2D eigenvalue weighted by Gasteiger charge is 2.30. The molecule has 0 aliphatic carbocycles. The molecule has 0 fully saturated rings. The van der Waals surface area contributed by atoms with E-state index in [2.05, 4.69) is 5.32 Å². The third-order valence-corrected chi connectivity index (χ3v) is 3.80. The normalized spacial score (nSPS) is 11.7. The zero-order valence-electron chi connectivity index (χ0n) is 16.6. The van der Waals surface area contributed by atoms with Crippen LogP contribution in [0.2, 0.25) is 0 Å². The largest absolute Gasteiger partial charge is 0.444 e. The van der Waals surface area contributed by atoms with Crippen molar-refractivity contribution in [1.82, 2.24) is 4.90 Å². The van der Waals surface area contributed by atoms with Gasteiger partial charge in [0.2, 0.25) is 0 Å². The average molecular weight is 408 g/mol. The smallest absolute Gasteiger partial charge is 0.416 e. The molecule has 5 nitrogen and oxygen atoms in total. The van der Waals surface area contributed by atoms with Crippen molar-refractivity contribution in [2.45, 2.75) is 39.1 Å². The lowest BCUT2D eigenvalue weighted by molar-refractivity contribution is -0.137. The van der Waals surface area contributed by atoms with Gasteiger partial charge in [0.25, 0.3) is 5.91 Å². The molecule has 29 heavy (non-hydrogen) atoms. The van der Waals surface area contributed by atoms with E-state index in [1.165, 1.54) is 23.1 Å². The molecule has 0 heterocycles. The van der Waals surface area contributed by atoms with Crippen LogP contribution in [0.15, 0.2) is 48.5 Å². The van der Waals surface area contributed by atoms with Crippen LogP contribution in [-0.4, -0.2) is 29.5 Å². The number of hydrogen-bond acceptors (Lipinski definition) is 3. The standard InChI is InChI=1S/C21H23F3N2O3/c1-20(2,3)29-19(28)25-17-7-5-6-15(12-17)18(27)26(4)13-14-8-10-16(11-9-14)21(22,23)24/h5-12H,13H2,1-4H3,(H,25,28). The Labute approximate surface area is 167 Å². The minimum Gasteiger partial charge on any atom is -0.444 e.